The SMILES string of the molecule is CNCC1(c2cc(C)ccc2OC)CC(C(C)(C)C)C1. The molecule has 0 unspecified atom stereocenters. The van der Waals surface area contributed by atoms with Gasteiger partial charge in [-0.25, -0.2) is 0 Å². The first-order valence-corrected chi connectivity index (χ1v) is 7.62. The minimum absolute atomic E-state index is 0.240. The Labute approximate surface area is 123 Å². The van der Waals surface area contributed by atoms with Gasteiger partial charge in [-0.3, -0.25) is 0 Å². The lowest BCUT2D eigenvalue weighted by molar-refractivity contribution is 0.0445. The van der Waals surface area contributed by atoms with Gasteiger partial charge in [-0.2, -0.15) is 0 Å². The van der Waals surface area contributed by atoms with Crippen molar-refractivity contribution >= 4 is 0 Å². The topological polar surface area (TPSA) is 21.3 Å². The van der Waals surface area contributed by atoms with E-state index < -0.39 is 0 Å². The van der Waals surface area contributed by atoms with Gasteiger partial charge in [0.25, 0.3) is 0 Å². The third-order valence-corrected chi connectivity index (χ3v) is 4.94. The minimum Gasteiger partial charge on any atom is -0.496 e. The average Bonchev–Trinajstić information content (AvgIpc) is 2.31. The van der Waals surface area contributed by atoms with E-state index in [4.69, 9.17) is 4.74 Å². The normalized spacial score (nSPS) is 26.2. The highest BCUT2D eigenvalue weighted by Crippen LogP contribution is 2.55. The Morgan fingerprint density at radius 3 is 2.45 bits per heavy atom. The number of methoxy groups -OCH3 is 1. The van der Waals surface area contributed by atoms with Crippen LogP contribution in [0.3, 0.4) is 0 Å². The van der Waals surface area contributed by atoms with Crippen molar-refractivity contribution in [2.75, 3.05) is 20.7 Å². The summed E-state index contributed by atoms with van der Waals surface area (Å²) in [6.07, 6.45) is 2.49. The van der Waals surface area contributed by atoms with Crippen molar-refractivity contribution in [1.29, 1.82) is 0 Å². The van der Waals surface area contributed by atoms with E-state index in [9.17, 15) is 0 Å². The second kappa shape index (κ2) is 5.40. The maximum Gasteiger partial charge on any atom is 0.122 e. The zero-order valence-electron chi connectivity index (χ0n) is 13.8. The van der Waals surface area contributed by atoms with Gasteiger partial charge in [0.2, 0.25) is 0 Å². The highest BCUT2D eigenvalue weighted by molar-refractivity contribution is 5.44. The fourth-order valence-corrected chi connectivity index (χ4v) is 3.53. The molecule has 1 aromatic rings. The van der Waals surface area contributed by atoms with Crippen molar-refractivity contribution in [2.45, 2.75) is 46.0 Å². The molecule has 0 heterocycles. The largest absolute Gasteiger partial charge is 0.496 e. The smallest absolute Gasteiger partial charge is 0.122 e. The summed E-state index contributed by atoms with van der Waals surface area (Å²) in [6, 6.07) is 6.57. The third-order valence-electron chi connectivity index (χ3n) is 4.94. The summed E-state index contributed by atoms with van der Waals surface area (Å²) in [7, 11) is 3.83. The Bertz CT molecular complexity index is 467. The third kappa shape index (κ3) is 2.71. The Kier molecular flexibility index (Phi) is 4.15. The van der Waals surface area contributed by atoms with E-state index in [0.29, 0.717) is 5.41 Å². The summed E-state index contributed by atoms with van der Waals surface area (Å²) in [4.78, 5) is 0. The van der Waals surface area contributed by atoms with Crippen LogP contribution < -0.4 is 10.1 Å². The van der Waals surface area contributed by atoms with E-state index in [1.54, 1.807) is 7.11 Å². The van der Waals surface area contributed by atoms with Gasteiger partial charge in [0, 0.05) is 17.5 Å². The fraction of sp³-hybridized carbons (Fsp3) is 0.667. The van der Waals surface area contributed by atoms with E-state index in [1.807, 2.05) is 0 Å². The van der Waals surface area contributed by atoms with Crippen LogP contribution in [0.2, 0.25) is 0 Å². The molecule has 2 rings (SSSR count). The summed E-state index contributed by atoms with van der Waals surface area (Å²) >= 11 is 0. The first-order chi connectivity index (χ1) is 9.32. The van der Waals surface area contributed by atoms with Gasteiger partial charge < -0.3 is 10.1 Å². The number of nitrogens with one attached hydrogen (secondary N) is 1. The number of hydrogen-bond acceptors (Lipinski definition) is 2. The standard InChI is InChI=1S/C18H29NO/c1-13-7-8-16(20-6)15(9-13)18(12-19-5)10-14(11-18)17(2,3)4/h7-9,14,19H,10-12H2,1-6H3. The molecule has 1 aliphatic carbocycles. The maximum atomic E-state index is 5.62. The number of hydrogen-bond donors (Lipinski definition) is 1. The molecule has 0 radical (unpaired) electrons. The molecular formula is C18H29NO. The molecule has 0 aliphatic heterocycles. The second-order valence-electron chi connectivity index (χ2n) is 7.49. The highest BCUT2D eigenvalue weighted by atomic mass is 16.5. The molecule has 0 atom stereocenters. The molecule has 20 heavy (non-hydrogen) atoms. The monoisotopic (exact) mass is 275 g/mol. The lowest BCUT2D eigenvalue weighted by Gasteiger charge is -2.53. The lowest BCUT2D eigenvalue weighted by atomic mass is 9.52. The summed E-state index contributed by atoms with van der Waals surface area (Å²) in [5, 5.41) is 3.40. The fourth-order valence-electron chi connectivity index (χ4n) is 3.53. The summed E-state index contributed by atoms with van der Waals surface area (Å²) in [5.41, 5.74) is 3.34. The average molecular weight is 275 g/mol. The molecule has 1 N–H and O–H groups in total. The molecule has 1 fully saturated rings. The Morgan fingerprint density at radius 1 is 1.30 bits per heavy atom. The Morgan fingerprint density at radius 2 is 1.95 bits per heavy atom. The molecule has 1 aromatic carbocycles. The maximum absolute atomic E-state index is 5.62. The number of aryl methyl sites for hydroxylation is 1. The number of rotatable bonds is 4. The second-order valence-corrected chi connectivity index (χ2v) is 7.49. The summed E-state index contributed by atoms with van der Waals surface area (Å²) in [6.45, 7) is 10.3. The van der Waals surface area contributed by atoms with Crippen molar-refractivity contribution in [1.82, 2.24) is 5.32 Å². The predicted molar refractivity (Wildman–Crippen MR) is 85.5 cm³/mol. The van der Waals surface area contributed by atoms with Gasteiger partial charge in [0.15, 0.2) is 0 Å². The molecule has 0 amide bonds. The van der Waals surface area contributed by atoms with Crippen molar-refractivity contribution in [3.05, 3.63) is 29.3 Å². The molecular weight excluding hydrogens is 246 g/mol. The van der Waals surface area contributed by atoms with Gasteiger partial charge in [-0.05, 0) is 44.2 Å². The van der Waals surface area contributed by atoms with Crippen molar-refractivity contribution in [2.24, 2.45) is 11.3 Å². The van der Waals surface area contributed by atoms with Crippen molar-refractivity contribution < 1.29 is 4.74 Å². The van der Waals surface area contributed by atoms with E-state index in [1.165, 1.54) is 24.0 Å². The zero-order chi connectivity index (χ0) is 15.0. The molecule has 0 bridgehead atoms. The van der Waals surface area contributed by atoms with Crippen LogP contribution in [0.15, 0.2) is 18.2 Å². The van der Waals surface area contributed by atoms with Gasteiger partial charge >= 0.3 is 0 Å². The van der Waals surface area contributed by atoms with E-state index in [0.717, 1.165) is 18.2 Å². The number of likely N-dealkylation sites (N-methyl/N-ethyl adjacent to an activating group) is 1. The molecule has 112 valence electrons. The molecule has 1 saturated carbocycles. The van der Waals surface area contributed by atoms with Crippen LogP contribution in [0.1, 0.15) is 44.7 Å². The van der Waals surface area contributed by atoms with Crippen molar-refractivity contribution in [3.8, 4) is 5.75 Å². The first kappa shape index (κ1) is 15.4. The van der Waals surface area contributed by atoms with Crippen molar-refractivity contribution in [3.63, 3.8) is 0 Å². The highest BCUT2D eigenvalue weighted by Gasteiger charge is 2.50. The van der Waals surface area contributed by atoms with E-state index >= 15 is 0 Å². The van der Waals surface area contributed by atoms with Gasteiger partial charge in [0.1, 0.15) is 5.75 Å². The van der Waals surface area contributed by atoms with E-state index in [-0.39, 0.29) is 5.41 Å². The Hall–Kier alpha value is -1.02. The van der Waals surface area contributed by atoms with Crippen LogP contribution in [-0.4, -0.2) is 20.7 Å². The lowest BCUT2D eigenvalue weighted by Crippen LogP contribution is -2.51. The quantitative estimate of drug-likeness (QED) is 0.899. The minimum atomic E-state index is 0.240. The number of benzene rings is 1. The van der Waals surface area contributed by atoms with Crippen LogP contribution >= 0.6 is 0 Å². The summed E-state index contributed by atoms with van der Waals surface area (Å²) < 4.78 is 5.62. The zero-order valence-corrected chi connectivity index (χ0v) is 13.8. The molecule has 0 aromatic heterocycles. The van der Waals surface area contributed by atoms with E-state index in [2.05, 4.69) is 58.3 Å². The molecule has 0 saturated heterocycles. The summed E-state index contributed by atoms with van der Waals surface area (Å²) in [5.74, 6) is 1.83. The molecule has 1 aliphatic rings. The van der Waals surface area contributed by atoms with Gasteiger partial charge in [0.05, 0.1) is 7.11 Å². The molecule has 2 nitrogen and oxygen atoms in total. The Balaban J connectivity index is 2.34. The first-order valence-electron chi connectivity index (χ1n) is 7.62. The van der Waals surface area contributed by atoms with Crippen LogP contribution in [0.4, 0.5) is 0 Å². The van der Waals surface area contributed by atoms with Crippen LogP contribution in [0.5, 0.6) is 5.75 Å². The molecule has 2 heteroatoms. The van der Waals surface area contributed by atoms with Crippen LogP contribution in [-0.2, 0) is 5.41 Å². The van der Waals surface area contributed by atoms with Gasteiger partial charge in [-0.15, -0.1) is 0 Å². The van der Waals surface area contributed by atoms with Crippen LogP contribution in [0.25, 0.3) is 0 Å². The van der Waals surface area contributed by atoms with Crippen LogP contribution in [0, 0.1) is 18.3 Å². The number of ether oxygens (including phenoxy) is 1. The predicted octanol–water partition coefficient (Wildman–Crippen LogP) is 3.92. The molecule has 0 spiro atoms. The van der Waals surface area contributed by atoms with Gasteiger partial charge in [-0.1, -0.05) is 38.5 Å².